The van der Waals surface area contributed by atoms with Gasteiger partial charge in [-0.2, -0.15) is 0 Å². The normalized spacial score (nSPS) is 15.1. The van der Waals surface area contributed by atoms with Gasteiger partial charge in [-0.3, -0.25) is 4.79 Å². The molecule has 21 heavy (non-hydrogen) atoms. The third kappa shape index (κ3) is 5.53. The van der Waals surface area contributed by atoms with Gasteiger partial charge in [0.1, 0.15) is 11.9 Å². The number of hydrogen-bond acceptors (Lipinski definition) is 4. The Morgan fingerprint density at radius 3 is 2.71 bits per heavy atom. The highest BCUT2D eigenvalue weighted by atomic mass is 35.5. The van der Waals surface area contributed by atoms with Crippen molar-refractivity contribution in [3.8, 4) is 5.75 Å². The molecular weight excluding hydrogens is 292 g/mol. The summed E-state index contributed by atoms with van der Waals surface area (Å²) >= 11 is 0. The number of carbonyl (C=O) groups excluding carboxylic acids is 1. The maximum Gasteiger partial charge on any atom is 0.238 e. The molecule has 0 radical (unpaired) electrons. The first-order chi connectivity index (χ1) is 9.69. The molecule has 1 aromatic carbocycles. The molecule has 0 spiro atoms. The first-order valence-corrected chi connectivity index (χ1v) is 6.98. The van der Waals surface area contributed by atoms with E-state index < -0.39 is 0 Å². The van der Waals surface area contributed by atoms with Gasteiger partial charge in [0.15, 0.2) is 0 Å². The van der Waals surface area contributed by atoms with Crippen LogP contribution in [-0.4, -0.2) is 38.8 Å². The molecule has 1 aromatic rings. The highest BCUT2D eigenvalue weighted by Gasteiger charge is 2.16. The van der Waals surface area contributed by atoms with E-state index in [4.69, 9.17) is 9.47 Å². The Bertz CT molecular complexity index is 462. The Morgan fingerprint density at radius 2 is 2.10 bits per heavy atom. The zero-order valence-electron chi connectivity index (χ0n) is 12.5. The molecule has 2 rings (SSSR count). The van der Waals surface area contributed by atoms with Crippen LogP contribution in [0.4, 0.5) is 5.69 Å². The Morgan fingerprint density at radius 1 is 1.38 bits per heavy atom. The lowest BCUT2D eigenvalue weighted by molar-refractivity contribution is -0.115. The zero-order valence-corrected chi connectivity index (χ0v) is 13.3. The van der Waals surface area contributed by atoms with Crippen LogP contribution >= 0.6 is 12.4 Å². The first-order valence-electron chi connectivity index (χ1n) is 6.98. The highest BCUT2D eigenvalue weighted by Crippen LogP contribution is 2.25. The number of anilines is 1. The summed E-state index contributed by atoms with van der Waals surface area (Å²) in [4.78, 5) is 11.5. The van der Waals surface area contributed by atoms with E-state index in [1.165, 1.54) is 0 Å². The molecule has 0 aromatic heterocycles. The van der Waals surface area contributed by atoms with Crippen molar-refractivity contribution in [3.63, 3.8) is 0 Å². The number of amides is 1. The number of ether oxygens (including phenoxy) is 2. The lowest BCUT2D eigenvalue weighted by atomic mass is 10.1. The van der Waals surface area contributed by atoms with Crippen molar-refractivity contribution < 1.29 is 14.3 Å². The van der Waals surface area contributed by atoms with Crippen LogP contribution in [0.25, 0.3) is 0 Å². The summed E-state index contributed by atoms with van der Waals surface area (Å²) in [5, 5.41) is 5.66. The van der Waals surface area contributed by atoms with Gasteiger partial charge in [-0.05, 0) is 37.7 Å². The van der Waals surface area contributed by atoms with E-state index in [-0.39, 0.29) is 24.4 Å². The number of rotatable bonds is 5. The van der Waals surface area contributed by atoms with Gasteiger partial charge in [-0.1, -0.05) is 0 Å². The van der Waals surface area contributed by atoms with Crippen molar-refractivity contribution in [2.45, 2.75) is 25.9 Å². The smallest absolute Gasteiger partial charge is 0.238 e. The number of hydrogen-bond donors (Lipinski definition) is 2. The van der Waals surface area contributed by atoms with Crippen LogP contribution < -0.4 is 15.4 Å². The number of likely N-dealkylation sites (N-methyl/N-ethyl adjacent to an activating group) is 1. The fraction of sp³-hybridized carbons (Fsp3) is 0.533. The summed E-state index contributed by atoms with van der Waals surface area (Å²) < 4.78 is 11.3. The van der Waals surface area contributed by atoms with E-state index in [0.717, 1.165) is 43.1 Å². The van der Waals surface area contributed by atoms with Crippen LogP contribution in [-0.2, 0) is 9.53 Å². The van der Waals surface area contributed by atoms with Crippen molar-refractivity contribution in [2.24, 2.45) is 0 Å². The van der Waals surface area contributed by atoms with Gasteiger partial charge in [0.25, 0.3) is 0 Å². The molecule has 1 amide bonds. The molecule has 1 aliphatic rings. The van der Waals surface area contributed by atoms with E-state index in [0.29, 0.717) is 6.54 Å². The first kappa shape index (κ1) is 17.8. The van der Waals surface area contributed by atoms with Crippen molar-refractivity contribution in [1.82, 2.24) is 5.32 Å². The number of aryl methyl sites for hydroxylation is 1. The standard InChI is InChI=1S/C15H22N2O3.ClH/c1-11-9-12(17-15(18)10-16-2)3-4-14(11)20-13-5-7-19-8-6-13;/h3-4,9,13,16H,5-8,10H2,1-2H3,(H,17,18);1H. The second kappa shape index (κ2) is 8.87. The summed E-state index contributed by atoms with van der Waals surface area (Å²) in [5.41, 5.74) is 1.82. The molecule has 2 N–H and O–H groups in total. The summed E-state index contributed by atoms with van der Waals surface area (Å²) in [5.74, 6) is 0.827. The van der Waals surface area contributed by atoms with Crippen LogP contribution in [0.5, 0.6) is 5.75 Å². The minimum absolute atomic E-state index is 0. The molecule has 6 heteroatoms. The minimum Gasteiger partial charge on any atom is -0.490 e. The average molecular weight is 315 g/mol. The highest BCUT2D eigenvalue weighted by molar-refractivity contribution is 5.92. The summed E-state index contributed by atoms with van der Waals surface area (Å²) in [6.07, 6.45) is 2.09. The van der Waals surface area contributed by atoms with E-state index in [1.54, 1.807) is 7.05 Å². The molecule has 0 saturated carbocycles. The maximum absolute atomic E-state index is 11.5. The zero-order chi connectivity index (χ0) is 14.4. The Hall–Kier alpha value is -1.30. The van der Waals surface area contributed by atoms with Gasteiger partial charge in [0.2, 0.25) is 5.91 Å². The predicted molar refractivity (Wildman–Crippen MR) is 85.5 cm³/mol. The van der Waals surface area contributed by atoms with Gasteiger partial charge in [0, 0.05) is 18.5 Å². The van der Waals surface area contributed by atoms with Crippen molar-refractivity contribution >= 4 is 24.0 Å². The second-order valence-electron chi connectivity index (χ2n) is 4.99. The van der Waals surface area contributed by atoms with Gasteiger partial charge < -0.3 is 20.1 Å². The topological polar surface area (TPSA) is 59.6 Å². The molecule has 1 saturated heterocycles. The molecule has 1 heterocycles. The van der Waals surface area contributed by atoms with Crippen LogP contribution in [0.2, 0.25) is 0 Å². The molecule has 1 aliphatic heterocycles. The van der Waals surface area contributed by atoms with Crippen LogP contribution in [0.1, 0.15) is 18.4 Å². The Labute approximate surface area is 131 Å². The molecule has 118 valence electrons. The molecule has 0 aliphatic carbocycles. The van der Waals surface area contributed by atoms with Crippen LogP contribution in [0.15, 0.2) is 18.2 Å². The van der Waals surface area contributed by atoms with E-state index in [1.807, 2.05) is 25.1 Å². The third-order valence-corrected chi connectivity index (χ3v) is 3.26. The maximum atomic E-state index is 11.5. The molecule has 5 nitrogen and oxygen atoms in total. The Balaban J connectivity index is 0.00000220. The monoisotopic (exact) mass is 314 g/mol. The van der Waals surface area contributed by atoms with Crippen LogP contribution in [0.3, 0.4) is 0 Å². The quantitative estimate of drug-likeness (QED) is 0.874. The SMILES string of the molecule is CNCC(=O)Nc1ccc(OC2CCOCC2)c(C)c1.Cl. The molecule has 0 unspecified atom stereocenters. The van der Waals surface area contributed by atoms with Gasteiger partial charge in [0.05, 0.1) is 19.8 Å². The molecule has 0 bridgehead atoms. The number of benzene rings is 1. The van der Waals surface area contributed by atoms with E-state index in [9.17, 15) is 4.79 Å². The molecular formula is C15H23ClN2O3. The predicted octanol–water partition coefficient (Wildman–Crippen LogP) is 2.13. The van der Waals surface area contributed by atoms with Crippen molar-refractivity contribution in [1.29, 1.82) is 0 Å². The second-order valence-corrected chi connectivity index (χ2v) is 4.99. The average Bonchev–Trinajstić information content (AvgIpc) is 2.43. The number of halogens is 1. The fourth-order valence-electron chi connectivity index (χ4n) is 2.20. The number of nitrogens with one attached hydrogen (secondary N) is 2. The lowest BCUT2D eigenvalue weighted by Crippen LogP contribution is -2.26. The number of carbonyl (C=O) groups is 1. The van der Waals surface area contributed by atoms with Gasteiger partial charge in [-0.15, -0.1) is 12.4 Å². The summed E-state index contributed by atoms with van der Waals surface area (Å²) in [6, 6.07) is 5.72. The largest absolute Gasteiger partial charge is 0.490 e. The van der Waals surface area contributed by atoms with Crippen molar-refractivity contribution in [2.75, 3.05) is 32.1 Å². The van der Waals surface area contributed by atoms with E-state index >= 15 is 0 Å². The molecule has 0 atom stereocenters. The van der Waals surface area contributed by atoms with Gasteiger partial charge in [-0.25, -0.2) is 0 Å². The van der Waals surface area contributed by atoms with Crippen LogP contribution in [0, 0.1) is 6.92 Å². The minimum atomic E-state index is -0.0509. The lowest BCUT2D eigenvalue weighted by Gasteiger charge is -2.24. The fourth-order valence-corrected chi connectivity index (χ4v) is 2.20. The summed E-state index contributed by atoms with van der Waals surface area (Å²) in [7, 11) is 1.75. The summed E-state index contributed by atoms with van der Waals surface area (Å²) in [6.45, 7) is 3.82. The third-order valence-electron chi connectivity index (χ3n) is 3.26. The van der Waals surface area contributed by atoms with E-state index in [2.05, 4.69) is 10.6 Å². The van der Waals surface area contributed by atoms with Crippen molar-refractivity contribution in [3.05, 3.63) is 23.8 Å². The van der Waals surface area contributed by atoms with Gasteiger partial charge >= 0.3 is 0 Å². The Kier molecular flexibility index (Phi) is 7.50. The molecule has 1 fully saturated rings.